The number of ether oxygens (including phenoxy) is 2. The third kappa shape index (κ3) is 13.8. The van der Waals surface area contributed by atoms with Crippen molar-refractivity contribution < 1.29 is 19.1 Å². The summed E-state index contributed by atoms with van der Waals surface area (Å²) < 4.78 is 10.7. The van der Waals surface area contributed by atoms with E-state index >= 15 is 0 Å². The van der Waals surface area contributed by atoms with E-state index in [1.165, 1.54) is 12.8 Å². The molecule has 2 radical (unpaired) electrons. The van der Waals surface area contributed by atoms with Crippen LogP contribution in [-0.2, 0) is 9.47 Å². The molecule has 2 aromatic carbocycles. The molecule has 0 aliphatic carbocycles. The zero-order valence-electron chi connectivity index (χ0n) is 21.4. The molecule has 4 atom stereocenters. The van der Waals surface area contributed by atoms with Crippen molar-refractivity contribution in [1.29, 1.82) is 0 Å². The monoisotopic (exact) mass is 466 g/mol. The smallest absolute Gasteiger partial charge is 0.338 e. The van der Waals surface area contributed by atoms with Gasteiger partial charge in [0.2, 0.25) is 0 Å². The first-order valence-corrected chi connectivity index (χ1v) is 12.3. The van der Waals surface area contributed by atoms with Crippen molar-refractivity contribution >= 4 is 11.9 Å². The molecule has 0 saturated carbocycles. The zero-order chi connectivity index (χ0) is 25.3. The van der Waals surface area contributed by atoms with Crippen LogP contribution < -0.4 is 0 Å². The second-order valence-electron chi connectivity index (χ2n) is 9.50. The highest BCUT2D eigenvalue weighted by Crippen LogP contribution is 2.15. The fourth-order valence-electron chi connectivity index (χ4n) is 3.06. The molecule has 0 heterocycles. The molecule has 0 aliphatic heterocycles. The van der Waals surface area contributed by atoms with Gasteiger partial charge < -0.3 is 9.47 Å². The molecule has 0 amide bonds. The summed E-state index contributed by atoms with van der Waals surface area (Å²) in [7, 11) is 0. The lowest BCUT2D eigenvalue weighted by molar-refractivity contribution is 0.0399. The Morgan fingerprint density at radius 2 is 0.941 bits per heavy atom. The SMILES string of the molecule is CC(CCC(C)COC(=O)c1ccccc1)COC(=O)c1ccccc1.[CH2]C(C)CCC([CH2])C. The van der Waals surface area contributed by atoms with Crippen molar-refractivity contribution in [2.45, 2.75) is 53.4 Å². The van der Waals surface area contributed by atoms with Crippen LogP contribution in [0.5, 0.6) is 0 Å². The van der Waals surface area contributed by atoms with Crippen LogP contribution in [0.2, 0.25) is 0 Å². The van der Waals surface area contributed by atoms with Gasteiger partial charge in [-0.05, 0) is 60.8 Å². The van der Waals surface area contributed by atoms with Gasteiger partial charge in [0.1, 0.15) is 0 Å². The molecule has 186 valence electrons. The molecule has 0 saturated heterocycles. The molecule has 0 aliphatic rings. The van der Waals surface area contributed by atoms with E-state index in [0.717, 1.165) is 12.8 Å². The van der Waals surface area contributed by atoms with Gasteiger partial charge >= 0.3 is 11.9 Å². The Morgan fingerprint density at radius 1 is 0.618 bits per heavy atom. The summed E-state index contributed by atoms with van der Waals surface area (Å²) in [5.74, 6) is 1.13. The first-order chi connectivity index (χ1) is 16.2. The van der Waals surface area contributed by atoms with Crippen molar-refractivity contribution in [3.8, 4) is 0 Å². The maximum absolute atomic E-state index is 11.9. The number of benzene rings is 2. The van der Waals surface area contributed by atoms with Crippen LogP contribution >= 0.6 is 0 Å². The number of esters is 2. The van der Waals surface area contributed by atoms with Crippen LogP contribution in [0, 0.1) is 37.5 Å². The molecular formula is C30H42O4. The lowest BCUT2D eigenvalue weighted by Crippen LogP contribution is -2.15. The minimum absolute atomic E-state index is 0.259. The quantitative estimate of drug-likeness (QED) is 0.305. The molecule has 0 fully saturated rings. The second kappa shape index (κ2) is 16.9. The molecule has 2 rings (SSSR count). The fraction of sp³-hybridized carbons (Fsp3) is 0.467. The summed E-state index contributed by atoms with van der Waals surface area (Å²) >= 11 is 0. The topological polar surface area (TPSA) is 52.6 Å². The maximum atomic E-state index is 11.9. The van der Waals surface area contributed by atoms with Gasteiger partial charge in [-0.1, -0.05) is 90.8 Å². The van der Waals surface area contributed by atoms with Gasteiger partial charge in [-0.15, -0.1) is 0 Å². The Hall–Kier alpha value is -2.62. The van der Waals surface area contributed by atoms with Crippen molar-refractivity contribution in [1.82, 2.24) is 0 Å². The van der Waals surface area contributed by atoms with E-state index in [1.807, 2.05) is 36.4 Å². The van der Waals surface area contributed by atoms with Crippen molar-refractivity contribution in [3.05, 3.63) is 85.6 Å². The minimum atomic E-state index is -0.290. The number of carbonyl (C=O) groups excluding carboxylic acids is 2. The van der Waals surface area contributed by atoms with Crippen LogP contribution in [0.15, 0.2) is 60.7 Å². The van der Waals surface area contributed by atoms with Crippen molar-refractivity contribution in [2.75, 3.05) is 13.2 Å². The highest BCUT2D eigenvalue weighted by atomic mass is 16.5. The molecule has 0 N–H and O–H groups in total. The second-order valence-corrected chi connectivity index (χ2v) is 9.50. The molecule has 0 aromatic heterocycles. The van der Waals surface area contributed by atoms with E-state index in [1.54, 1.807) is 24.3 Å². The van der Waals surface area contributed by atoms with E-state index in [4.69, 9.17) is 9.47 Å². The van der Waals surface area contributed by atoms with Gasteiger partial charge in [-0.3, -0.25) is 0 Å². The summed E-state index contributed by atoms with van der Waals surface area (Å²) in [6, 6.07) is 18.0. The highest BCUT2D eigenvalue weighted by molar-refractivity contribution is 5.89. The summed E-state index contributed by atoms with van der Waals surface area (Å²) in [6.07, 6.45) is 4.24. The van der Waals surface area contributed by atoms with E-state index in [-0.39, 0.29) is 23.8 Å². The molecule has 4 unspecified atom stereocenters. The number of hydrogen-bond donors (Lipinski definition) is 0. The van der Waals surface area contributed by atoms with Crippen LogP contribution in [0.3, 0.4) is 0 Å². The maximum Gasteiger partial charge on any atom is 0.338 e. The zero-order valence-corrected chi connectivity index (χ0v) is 21.4. The summed E-state index contributed by atoms with van der Waals surface area (Å²) in [6.45, 7) is 16.9. The average molecular weight is 467 g/mol. The van der Waals surface area contributed by atoms with Gasteiger partial charge in [0, 0.05) is 0 Å². The molecule has 4 nitrogen and oxygen atoms in total. The number of rotatable bonds is 12. The van der Waals surface area contributed by atoms with Crippen molar-refractivity contribution in [2.24, 2.45) is 23.7 Å². The number of hydrogen-bond acceptors (Lipinski definition) is 4. The molecule has 0 bridgehead atoms. The predicted molar refractivity (Wildman–Crippen MR) is 139 cm³/mol. The number of carbonyl (C=O) groups is 2. The van der Waals surface area contributed by atoms with Gasteiger partial charge in [-0.2, -0.15) is 0 Å². The Morgan fingerprint density at radius 3 is 1.24 bits per heavy atom. The highest BCUT2D eigenvalue weighted by Gasteiger charge is 2.13. The molecule has 34 heavy (non-hydrogen) atoms. The largest absolute Gasteiger partial charge is 0.462 e. The first kappa shape index (κ1) is 29.4. The molecule has 2 aromatic rings. The van der Waals surface area contributed by atoms with Crippen molar-refractivity contribution in [3.63, 3.8) is 0 Å². The lowest BCUT2D eigenvalue weighted by Gasteiger charge is -2.16. The summed E-state index contributed by atoms with van der Waals surface area (Å²) in [4.78, 5) is 23.8. The normalized spacial score (nSPS) is 12.5. The lowest BCUT2D eigenvalue weighted by atomic mass is 9.99. The van der Waals surface area contributed by atoms with Gasteiger partial charge in [0.15, 0.2) is 0 Å². The Kier molecular flexibility index (Phi) is 14.6. The van der Waals surface area contributed by atoms with Crippen LogP contribution in [0.1, 0.15) is 74.1 Å². The van der Waals surface area contributed by atoms with E-state index in [9.17, 15) is 9.59 Å². The first-order valence-electron chi connectivity index (χ1n) is 12.3. The summed E-state index contributed by atoms with van der Waals surface area (Å²) in [5, 5.41) is 0. The standard InChI is InChI=1S/C22H26O4.C8H16/c1-17(15-25-21(23)19-9-5-3-6-10-19)13-14-18(2)16-26-22(24)20-11-7-4-8-12-20;1-7(2)5-6-8(3)4/h3-12,17-18H,13-16H2,1-2H3;7-8H,1,3,5-6H2,2,4H3. The Balaban J connectivity index is 0.000000620. The van der Waals surface area contributed by atoms with Gasteiger partial charge in [-0.25, -0.2) is 9.59 Å². The van der Waals surface area contributed by atoms with Crippen LogP contribution in [0.25, 0.3) is 0 Å². The molecule has 4 heteroatoms. The average Bonchev–Trinajstić information content (AvgIpc) is 2.84. The third-order valence-corrected chi connectivity index (χ3v) is 5.32. The van der Waals surface area contributed by atoms with E-state index in [2.05, 4.69) is 41.5 Å². The van der Waals surface area contributed by atoms with Crippen LogP contribution in [0.4, 0.5) is 0 Å². The molecule has 0 spiro atoms. The van der Waals surface area contributed by atoms with Gasteiger partial charge in [0.05, 0.1) is 24.3 Å². The van der Waals surface area contributed by atoms with E-state index < -0.39 is 0 Å². The predicted octanol–water partition coefficient (Wildman–Crippen LogP) is 7.46. The Labute approximate surface area is 207 Å². The third-order valence-electron chi connectivity index (χ3n) is 5.32. The molecular weight excluding hydrogens is 424 g/mol. The Bertz CT molecular complexity index is 730. The van der Waals surface area contributed by atoms with Gasteiger partial charge in [0.25, 0.3) is 0 Å². The fourth-order valence-corrected chi connectivity index (χ4v) is 3.06. The summed E-state index contributed by atoms with van der Waals surface area (Å²) in [5.41, 5.74) is 1.14. The van der Waals surface area contributed by atoms with E-state index in [0.29, 0.717) is 36.2 Å². The van der Waals surface area contributed by atoms with Crippen LogP contribution in [-0.4, -0.2) is 25.2 Å². The minimum Gasteiger partial charge on any atom is -0.462 e.